The largest absolute Gasteiger partial charge is 0.458 e. The van der Waals surface area contributed by atoms with Crippen LogP contribution in [-0.4, -0.2) is 12.6 Å². The molecule has 1 aliphatic rings. The lowest BCUT2D eigenvalue weighted by Gasteiger charge is -2.39. The van der Waals surface area contributed by atoms with Crippen molar-refractivity contribution in [1.82, 2.24) is 4.57 Å². The van der Waals surface area contributed by atoms with Crippen LogP contribution in [0.25, 0.3) is 27.5 Å². The number of ether oxygens (including phenoxy) is 1. The van der Waals surface area contributed by atoms with Gasteiger partial charge >= 0.3 is 0 Å². The first kappa shape index (κ1) is 23.5. The number of fused-ring (bicyclic) bond motifs is 5. The zero-order chi connectivity index (χ0) is 26.7. The van der Waals surface area contributed by atoms with Crippen molar-refractivity contribution in [2.45, 2.75) is 0 Å². The molecule has 0 atom stereocenters. The fraction of sp³-hybridized carbons (Fsp3) is 0. The molecule has 8 rings (SSSR count). The summed E-state index contributed by atoms with van der Waals surface area (Å²) in [4.78, 5) is 0. The van der Waals surface area contributed by atoms with E-state index in [9.17, 15) is 0 Å². The van der Waals surface area contributed by atoms with Crippen LogP contribution in [0.5, 0.6) is 11.5 Å². The standard InChI is InChI=1S/C36H24BrNOSi/c37-25-20-22-27(23-21-25)40(35-18-7-5-16-33(35)39-34-17-6-8-19-36(34)40)28-11-9-10-26(24-28)38-31-14-3-1-12-29(31)30-13-2-4-15-32(30)38/h1-24H. The average Bonchev–Trinajstić information content (AvgIpc) is 3.35. The van der Waals surface area contributed by atoms with Gasteiger partial charge in [0, 0.05) is 20.9 Å². The van der Waals surface area contributed by atoms with E-state index in [2.05, 4.69) is 166 Å². The van der Waals surface area contributed by atoms with Crippen LogP contribution in [0.1, 0.15) is 0 Å². The predicted octanol–water partition coefficient (Wildman–Crippen LogP) is 7.03. The summed E-state index contributed by atoms with van der Waals surface area (Å²) in [5, 5.41) is 7.75. The van der Waals surface area contributed by atoms with Gasteiger partial charge in [0.1, 0.15) is 11.5 Å². The fourth-order valence-electron chi connectivity index (χ4n) is 6.56. The number of para-hydroxylation sites is 4. The van der Waals surface area contributed by atoms with Crippen LogP contribution in [0.4, 0.5) is 0 Å². The van der Waals surface area contributed by atoms with Crippen LogP contribution in [0.3, 0.4) is 0 Å². The summed E-state index contributed by atoms with van der Waals surface area (Å²) in [5.74, 6) is 1.89. The van der Waals surface area contributed by atoms with Gasteiger partial charge in [0.15, 0.2) is 8.07 Å². The lowest BCUT2D eigenvalue weighted by Crippen LogP contribution is -2.76. The van der Waals surface area contributed by atoms with Crippen molar-refractivity contribution in [3.63, 3.8) is 0 Å². The van der Waals surface area contributed by atoms with Crippen molar-refractivity contribution >= 4 is 66.6 Å². The second kappa shape index (κ2) is 9.09. The Balaban J connectivity index is 1.48. The van der Waals surface area contributed by atoms with E-state index in [1.165, 1.54) is 48.2 Å². The molecule has 1 aromatic heterocycles. The first-order valence-electron chi connectivity index (χ1n) is 13.5. The van der Waals surface area contributed by atoms with E-state index in [-0.39, 0.29) is 0 Å². The Morgan fingerprint density at radius 2 is 1.05 bits per heavy atom. The van der Waals surface area contributed by atoms with E-state index >= 15 is 0 Å². The van der Waals surface area contributed by atoms with Gasteiger partial charge < -0.3 is 9.30 Å². The molecule has 0 N–H and O–H groups in total. The Bertz CT molecular complexity index is 1960. The molecular formula is C36H24BrNOSi. The maximum absolute atomic E-state index is 6.54. The highest BCUT2D eigenvalue weighted by molar-refractivity contribution is 9.10. The van der Waals surface area contributed by atoms with Crippen LogP contribution in [0.2, 0.25) is 0 Å². The quantitative estimate of drug-likeness (QED) is 0.201. The van der Waals surface area contributed by atoms with Gasteiger partial charge in [0.2, 0.25) is 0 Å². The van der Waals surface area contributed by atoms with Gasteiger partial charge in [-0.05, 0) is 69.3 Å². The molecule has 1 aliphatic heterocycles. The van der Waals surface area contributed by atoms with Crippen LogP contribution in [0, 0.1) is 0 Å². The number of nitrogens with zero attached hydrogens (tertiary/aromatic N) is 1. The van der Waals surface area contributed by atoms with Crippen molar-refractivity contribution in [3.05, 3.63) is 150 Å². The van der Waals surface area contributed by atoms with E-state index in [0.29, 0.717) is 0 Å². The predicted molar refractivity (Wildman–Crippen MR) is 172 cm³/mol. The van der Waals surface area contributed by atoms with Crippen LogP contribution < -0.4 is 25.5 Å². The number of hydrogen-bond acceptors (Lipinski definition) is 1. The van der Waals surface area contributed by atoms with Crippen molar-refractivity contribution in [3.8, 4) is 17.2 Å². The Kier molecular flexibility index (Phi) is 5.34. The van der Waals surface area contributed by atoms with Gasteiger partial charge in [-0.1, -0.05) is 113 Å². The molecule has 6 aromatic carbocycles. The summed E-state index contributed by atoms with van der Waals surface area (Å²) in [5.41, 5.74) is 3.60. The average molecular weight is 595 g/mol. The highest BCUT2D eigenvalue weighted by Gasteiger charge is 2.47. The molecule has 0 spiro atoms. The molecule has 0 saturated heterocycles. The third-order valence-corrected chi connectivity index (χ3v) is 13.5. The molecule has 0 bridgehead atoms. The molecule has 40 heavy (non-hydrogen) atoms. The van der Waals surface area contributed by atoms with E-state index in [4.69, 9.17) is 4.74 Å². The number of hydrogen-bond donors (Lipinski definition) is 0. The SMILES string of the molecule is Brc1ccc([Si]2(c3cccc(-n4c5ccccc5c5ccccc54)c3)c3ccccc3Oc3ccccc32)cc1. The summed E-state index contributed by atoms with van der Waals surface area (Å²) < 4.78 is 10.0. The molecule has 0 radical (unpaired) electrons. The normalized spacial score (nSPS) is 13.5. The first-order valence-corrected chi connectivity index (χ1v) is 16.3. The molecule has 0 saturated carbocycles. The van der Waals surface area contributed by atoms with Gasteiger partial charge in [-0.2, -0.15) is 0 Å². The second-order valence-corrected chi connectivity index (χ2v) is 14.9. The third-order valence-electron chi connectivity index (χ3n) is 8.20. The minimum atomic E-state index is -2.74. The zero-order valence-electron chi connectivity index (χ0n) is 21.6. The van der Waals surface area contributed by atoms with Crippen LogP contribution in [-0.2, 0) is 0 Å². The maximum atomic E-state index is 6.54. The molecule has 0 amide bonds. The molecule has 4 heteroatoms. The summed E-state index contributed by atoms with van der Waals surface area (Å²) in [6.45, 7) is 0. The lowest BCUT2D eigenvalue weighted by atomic mass is 10.2. The molecule has 7 aromatic rings. The van der Waals surface area contributed by atoms with Crippen molar-refractivity contribution < 1.29 is 4.74 Å². The minimum Gasteiger partial charge on any atom is -0.458 e. The number of aromatic nitrogens is 1. The second-order valence-electron chi connectivity index (χ2n) is 10.3. The summed E-state index contributed by atoms with van der Waals surface area (Å²) in [7, 11) is -2.74. The third kappa shape index (κ3) is 3.33. The molecule has 2 heterocycles. The summed E-state index contributed by atoms with van der Waals surface area (Å²) >= 11 is 3.68. The summed E-state index contributed by atoms with van der Waals surface area (Å²) in [6, 6.07) is 52.7. The molecule has 190 valence electrons. The van der Waals surface area contributed by atoms with Gasteiger partial charge in [-0.25, -0.2) is 0 Å². The molecule has 2 nitrogen and oxygen atoms in total. The minimum absolute atomic E-state index is 0.943. The van der Waals surface area contributed by atoms with Gasteiger partial charge in [0.25, 0.3) is 0 Å². The number of halogens is 1. The fourth-order valence-corrected chi connectivity index (χ4v) is 11.8. The topological polar surface area (TPSA) is 14.2 Å². The Labute approximate surface area is 242 Å². The molecule has 0 aliphatic carbocycles. The Hall–Kier alpha value is -4.38. The Morgan fingerprint density at radius 1 is 0.500 bits per heavy atom. The maximum Gasteiger partial charge on any atom is 0.188 e. The van der Waals surface area contributed by atoms with Gasteiger partial charge in [-0.3, -0.25) is 0 Å². The highest BCUT2D eigenvalue weighted by Crippen LogP contribution is 2.33. The first-order chi connectivity index (χ1) is 19.7. The number of rotatable bonds is 3. The smallest absolute Gasteiger partial charge is 0.188 e. The van der Waals surface area contributed by atoms with Crippen LogP contribution >= 0.6 is 15.9 Å². The van der Waals surface area contributed by atoms with Crippen molar-refractivity contribution in [2.75, 3.05) is 0 Å². The van der Waals surface area contributed by atoms with E-state index in [1.54, 1.807) is 0 Å². The molecule has 0 unspecified atom stereocenters. The summed E-state index contributed by atoms with van der Waals surface area (Å²) in [6.07, 6.45) is 0. The number of benzene rings is 6. The van der Waals surface area contributed by atoms with E-state index < -0.39 is 8.07 Å². The van der Waals surface area contributed by atoms with E-state index in [0.717, 1.165) is 16.0 Å². The van der Waals surface area contributed by atoms with Crippen LogP contribution in [0.15, 0.2) is 150 Å². The van der Waals surface area contributed by atoms with Crippen molar-refractivity contribution in [1.29, 1.82) is 0 Å². The molecule has 0 fully saturated rings. The lowest BCUT2D eigenvalue weighted by molar-refractivity contribution is 0.487. The molecular weight excluding hydrogens is 570 g/mol. The zero-order valence-corrected chi connectivity index (χ0v) is 24.2. The monoisotopic (exact) mass is 593 g/mol. The van der Waals surface area contributed by atoms with Gasteiger partial charge in [0.05, 0.1) is 11.0 Å². The highest BCUT2D eigenvalue weighted by atomic mass is 79.9. The Morgan fingerprint density at radius 3 is 1.68 bits per heavy atom. The van der Waals surface area contributed by atoms with E-state index in [1.807, 2.05) is 0 Å². The van der Waals surface area contributed by atoms with Gasteiger partial charge in [-0.15, -0.1) is 0 Å². The van der Waals surface area contributed by atoms with Crippen molar-refractivity contribution in [2.24, 2.45) is 0 Å².